The highest BCUT2D eigenvalue weighted by Gasteiger charge is 1.79. The number of hydrogen-bond donors (Lipinski definition) is 1. The van der Waals surface area contributed by atoms with Gasteiger partial charge in [-0.3, -0.25) is 0 Å². The Morgan fingerprint density at radius 3 is 1.75 bits per heavy atom. The summed E-state index contributed by atoms with van der Waals surface area (Å²) in [5, 5.41) is 0. The van der Waals surface area contributed by atoms with Crippen molar-refractivity contribution in [1.29, 1.82) is 0 Å². The van der Waals surface area contributed by atoms with Crippen molar-refractivity contribution >= 4 is 21.8 Å². The summed E-state index contributed by atoms with van der Waals surface area (Å²) < 4.78 is 2.84. The number of halogens is 1. The fraction of sp³-hybridized carbons (Fsp3) is 0.333. The van der Waals surface area contributed by atoms with E-state index in [4.69, 9.17) is 0 Å². The molecule has 3 heteroatoms. The Labute approximate surface area is 82.9 Å². The molecule has 0 aliphatic heterocycles. The van der Waals surface area contributed by atoms with Crippen molar-refractivity contribution in [1.82, 2.24) is 4.90 Å². The van der Waals surface area contributed by atoms with Gasteiger partial charge in [0.05, 0.1) is 0 Å². The lowest BCUT2D eigenvalue weighted by atomic mass is 10.3. The predicted molar refractivity (Wildman–Crippen MR) is 58.6 cm³/mol. The van der Waals surface area contributed by atoms with Gasteiger partial charge in [0, 0.05) is 21.8 Å². The lowest BCUT2D eigenvalue weighted by molar-refractivity contribution is 0.505. The van der Waals surface area contributed by atoms with E-state index < -0.39 is 0 Å². The van der Waals surface area contributed by atoms with Crippen molar-refractivity contribution in [2.45, 2.75) is 0 Å². The molecule has 0 aliphatic carbocycles. The first-order valence-electron chi connectivity index (χ1n) is 3.69. The van der Waals surface area contributed by atoms with Crippen LogP contribution in [0.15, 0.2) is 30.3 Å². The SMILES string of the molecule is BrNc1ccccc1.CN(C)C. The van der Waals surface area contributed by atoms with Crippen molar-refractivity contribution in [3.63, 3.8) is 0 Å². The first-order chi connectivity index (χ1) is 5.66. The van der Waals surface area contributed by atoms with Crippen LogP contribution in [0.1, 0.15) is 0 Å². The number of benzene rings is 1. The quantitative estimate of drug-likeness (QED) is 0.747. The van der Waals surface area contributed by atoms with Gasteiger partial charge in [-0.05, 0) is 33.3 Å². The van der Waals surface area contributed by atoms with E-state index in [0.29, 0.717) is 0 Å². The Hall–Kier alpha value is -0.540. The van der Waals surface area contributed by atoms with Gasteiger partial charge < -0.3 is 9.24 Å². The van der Waals surface area contributed by atoms with Crippen molar-refractivity contribution in [3.05, 3.63) is 30.3 Å². The topological polar surface area (TPSA) is 15.3 Å². The van der Waals surface area contributed by atoms with Crippen LogP contribution in [-0.4, -0.2) is 26.0 Å². The second kappa shape index (κ2) is 7.13. The normalized spacial score (nSPS) is 8.75. The highest BCUT2D eigenvalue weighted by Crippen LogP contribution is 2.05. The van der Waals surface area contributed by atoms with Crippen LogP contribution < -0.4 is 4.34 Å². The summed E-state index contributed by atoms with van der Waals surface area (Å²) in [6.45, 7) is 0. The molecule has 1 rings (SSSR count). The van der Waals surface area contributed by atoms with Crippen LogP contribution in [0.3, 0.4) is 0 Å². The molecule has 1 aromatic rings. The van der Waals surface area contributed by atoms with Crippen molar-refractivity contribution in [3.8, 4) is 0 Å². The third-order valence-corrected chi connectivity index (χ3v) is 1.34. The van der Waals surface area contributed by atoms with Crippen LogP contribution in [0.5, 0.6) is 0 Å². The summed E-state index contributed by atoms with van der Waals surface area (Å²) in [5.41, 5.74) is 1.08. The van der Waals surface area contributed by atoms with E-state index in [1.807, 2.05) is 56.4 Å². The molecule has 68 valence electrons. The first kappa shape index (κ1) is 11.5. The van der Waals surface area contributed by atoms with Gasteiger partial charge in [0.2, 0.25) is 0 Å². The number of rotatable bonds is 1. The molecule has 0 aromatic heterocycles. The summed E-state index contributed by atoms with van der Waals surface area (Å²) >= 11 is 3.11. The number of nitrogens with zero attached hydrogens (tertiary/aromatic N) is 1. The lowest BCUT2D eigenvalue weighted by Crippen LogP contribution is -1.99. The molecule has 0 fully saturated rings. The number of para-hydroxylation sites is 1. The maximum Gasteiger partial charge on any atom is 0.0465 e. The second-order valence-electron chi connectivity index (χ2n) is 2.80. The smallest absolute Gasteiger partial charge is 0.0465 e. The Balaban J connectivity index is 0.000000261. The molecule has 0 saturated heterocycles. The molecule has 1 N–H and O–H groups in total. The van der Waals surface area contributed by atoms with E-state index in [-0.39, 0.29) is 0 Å². The number of anilines is 1. The molecule has 1 aromatic carbocycles. The second-order valence-corrected chi connectivity index (χ2v) is 3.20. The van der Waals surface area contributed by atoms with Gasteiger partial charge in [-0.25, -0.2) is 0 Å². The largest absolute Gasteiger partial charge is 0.322 e. The average molecular weight is 231 g/mol. The van der Waals surface area contributed by atoms with Crippen LogP contribution >= 0.6 is 16.1 Å². The Morgan fingerprint density at radius 2 is 1.50 bits per heavy atom. The standard InChI is InChI=1S/C6H6BrN.C3H9N/c7-8-6-4-2-1-3-5-6;1-4(2)3/h1-5,8H;1-3H3. The molecule has 0 heterocycles. The van der Waals surface area contributed by atoms with Gasteiger partial charge in [0.1, 0.15) is 0 Å². The maximum atomic E-state index is 3.11. The molecule has 0 atom stereocenters. The summed E-state index contributed by atoms with van der Waals surface area (Å²) in [4.78, 5) is 2.00. The highest BCUT2D eigenvalue weighted by molar-refractivity contribution is 9.10. The number of nitrogens with one attached hydrogen (secondary N) is 1. The molecule has 0 unspecified atom stereocenters. The molecule has 0 aliphatic rings. The van der Waals surface area contributed by atoms with Crippen LogP contribution in [0, 0.1) is 0 Å². The third kappa shape index (κ3) is 7.57. The minimum atomic E-state index is 1.08. The molecular weight excluding hydrogens is 216 g/mol. The lowest BCUT2D eigenvalue weighted by Gasteiger charge is -1.91. The average Bonchev–Trinajstić information content (AvgIpc) is 2.05. The predicted octanol–water partition coefficient (Wildman–Crippen LogP) is 2.59. The third-order valence-electron chi connectivity index (χ3n) is 0.883. The minimum absolute atomic E-state index is 1.08. The van der Waals surface area contributed by atoms with Crippen molar-refractivity contribution in [2.75, 3.05) is 25.5 Å². The van der Waals surface area contributed by atoms with Gasteiger partial charge >= 0.3 is 0 Å². The number of hydrogen-bond acceptors (Lipinski definition) is 2. The molecule has 0 bridgehead atoms. The van der Waals surface area contributed by atoms with Crippen LogP contribution in [-0.2, 0) is 0 Å². The zero-order chi connectivity index (χ0) is 9.40. The van der Waals surface area contributed by atoms with Crippen molar-refractivity contribution < 1.29 is 0 Å². The van der Waals surface area contributed by atoms with E-state index >= 15 is 0 Å². The first-order valence-corrected chi connectivity index (χ1v) is 4.48. The fourth-order valence-electron chi connectivity index (χ4n) is 0.501. The summed E-state index contributed by atoms with van der Waals surface area (Å²) in [6.07, 6.45) is 0. The molecule has 0 spiro atoms. The van der Waals surface area contributed by atoms with E-state index in [1.54, 1.807) is 0 Å². The van der Waals surface area contributed by atoms with Crippen LogP contribution in [0.4, 0.5) is 5.69 Å². The van der Waals surface area contributed by atoms with Gasteiger partial charge in [0.15, 0.2) is 0 Å². The van der Waals surface area contributed by atoms with E-state index in [2.05, 4.69) is 20.5 Å². The molecule has 12 heavy (non-hydrogen) atoms. The van der Waals surface area contributed by atoms with E-state index in [1.165, 1.54) is 0 Å². The van der Waals surface area contributed by atoms with Gasteiger partial charge in [0.25, 0.3) is 0 Å². The zero-order valence-electron chi connectivity index (χ0n) is 7.71. The monoisotopic (exact) mass is 230 g/mol. The zero-order valence-corrected chi connectivity index (χ0v) is 9.30. The summed E-state index contributed by atoms with van der Waals surface area (Å²) in [5.74, 6) is 0. The summed E-state index contributed by atoms with van der Waals surface area (Å²) in [7, 11) is 6.00. The summed E-state index contributed by atoms with van der Waals surface area (Å²) in [6, 6.07) is 9.89. The fourth-order valence-corrected chi connectivity index (χ4v) is 0.765. The molecule has 0 amide bonds. The Kier molecular flexibility index (Phi) is 6.81. The van der Waals surface area contributed by atoms with Crippen LogP contribution in [0.25, 0.3) is 0 Å². The Bertz CT molecular complexity index is 184. The molecule has 0 saturated carbocycles. The van der Waals surface area contributed by atoms with Gasteiger partial charge in [-0.15, -0.1) is 0 Å². The molecule has 2 nitrogen and oxygen atoms in total. The molecular formula is C9H15BrN2. The van der Waals surface area contributed by atoms with Gasteiger partial charge in [-0.1, -0.05) is 18.2 Å². The van der Waals surface area contributed by atoms with E-state index in [0.717, 1.165) is 5.69 Å². The highest BCUT2D eigenvalue weighted by atomic mass is 79.9. The Morgan fingerprint density at radius 1 is 1.08 bits per heavy atom. The van der Waals surface area contributed by atoms with Crippen LogP contribution in [0.2, 0.25) is 0 Å². The maximum absolute atomic E-state index is 3.11. The molecule has 0 radical (unpaired) electrons. The van der Waals surface area contributed by atoms with E-state index in [9.17, 15) is 0 Å². The van der Waals surface area contributed by atoms with Crippen molar-refractivity contribution in [2.24, 2.45) is 0 Å². The minimum Gasteiger partial charge on any atom is -0.322 e. The van der Waals surface area contributed by atoms with Gasteiger partial charge in [-0.2, -0.15) is 0 Å².